The largest absolute Gasteiger partial charge is 0.481 e. The third-order valence-corrected chi connectivity index (χ3v) is 6.41. The number of benzene rings is 3. The Morgan fingerprint density at radius 3 is 2.34 bits per heavy atom. The molecule has 0 bridgehead atoms. The Hall–Kier alpha value is -2.73. The smallest absolute Gasteiger partial charge is 0.217 e. The van der Waals surface area contributed by atoms with E-state index in [0.29, 0.717) is 18.8 Å². The molecule has 2 unspecified atom stereocenters. The number of nitrogens with one attached hydrogen (secondary N) is 1. The van der Waals surface area contributed by atoms with Crippen molar-refractivity contribution in [3.63, 3.8) is 0 Å². The minimum Gasteiger partial charge on any atom is -0.481 e. The normalized spacial score (nSPS) is 14.1. The standard InChI is InChI=1S/C27H27BrN2O2/c1-29-16-15-27(31,21-11-7-4-8-12-21)25(19-9-5-3-6-10-19)23-18-20-17-22(28)13-14-24(20)30-26(23)32-2/h3-14,17-18,25,29,31H,15-16H2,1-2H3. The first-order valence-electron chi connectivity index (χ1n) is 10.7. The maximum atomic E-state index is 12.4. The monoisotopic (exact) mass is 490 g/mol. The first kappa shape index (κ1) is 22.5. The van der Waals surface area contributed by atoms with Gasteiger partial charge < -0.3 is 15.2 Å². The summed E-state index contributed by atoms with van der Waals surface area (Å²) in [5, 5.41) is 16.6. The summed E-state index contributed by atoms with van der Waals surface area (Å²) in [7, 11) is 3.53. The maximum absolute atomic E-state index is 12.4. The van der Waals surface area contributed by atoms with Crippen LogP contribution in [0.2, 0.25) is 0 Å². The topological polar surface area (TPSA) is 54.4 Å². The predicted octanol–water partition coefficient (Wildman–Crippen LogP) is 5.64. The van der Waals surface area contributed by atoms with Crippen LogP contribution in [0, 0.1) is 0 Å². The Labute approximate surface area is 197 Å². The number of pyridine rings is 1. The molecule has 0 amide bonds. The summed E-state index contributed by atoms with van der Waals surface area (Å²) in [6, 6.07) is 28.1. The summed E-state index contributed by atoms with van der Waals surface area (Å²) in [6.45, 7) is 0.656. The number of aromatic nitrogens is 1. The van der Waals surface area contributed by atoms with E-state index in [4.69, 9.17) is 9.72 Å². The lowest BCUT2D eigenvalue weighted by Gasteiger charge is -2.38. The van der Waals surface area contributed by atoms with Crippen LogP contribution >= 0.6 is 15.9 Å². The second-order valence-corrected chi connectivity index (χ2v) is 8.83. The third-order valence-electron chi connectivity index (χ3n) is 5.91. The Morgan fingerprint density at radius 1 is 1.00 bits per heavy atom. The molecule has 0 aliphatic carbocycles. The Kier molecular flexibility index (Phi) is 6.89. The number of fused-ring (bicyclic) bond motifs is 1. The Bertz CT molecular complexity index is 1180. The highest BCUT2D eigenvalue weighted by Crippen LogP contribution is 2.47. The van der Waals surface area contributed by atoms with Gasteiger partial charge in [-0.1, -0.05) is 76.6 Å². The zero-order valence-corrected chi connectivity index (χ0v) is 19.8. The van der Waals surface area contributed by atoms with Crippen molar-refractivity contribution in [3.8, 4) is 5.88 Å². The van der Waals surface area contributed by atoms with Crippen molar-refractivity contribution < 1.29 is 9.84 Å². The van der Waals surface area contributed by atoms with Gasteiger partial charge in [0.2, 0.25) is 5.88 Å². The van der Waals surface area contributed by atoms with Crippen molar-refractivity contribution in [2.24, 2.45) is 0 Å². The molecule has 2 N–H and O–H groups in total. The molecule has 0 fully saturated rings. The van der Waals surface area contributed by atoms with Crippen molar-refractivity contribution >= 4 is 26.8 Å². The van der Waals surface area contributed by atoms with E-state index in [-0.39, 0.29) is 5.92 Å². The number of methoxy groups -OCH3 is 1. The molecule has 0 saturated carbocycles. The molecule has 1 heterocycles. The third kappa shape index (κ3) is 4.42. The zero-order chi connectivity index (χ0) is 22.6. The molecule has 3 aromatic carbocycles. The van der Waals surface area contributed by atoms with Crippen LogP contribution in [0.1, 0.15) is 29.0 Å². The van der Waals surface area contributed by atoms with Crippen molar-refractivity contribution in [1.29, 1.82) is 0 Å². The van der Waals surface area contributed by atoms with Crippen molar-refractivity contribution in [3.05, 3.63) is 106 Å². The lowest BCUT2D eigenvalue weighted by Crippen LogP contribution is -2.37. The van der Waals surface area contributed by atoms with Crippen LogP contribution < -0.4 is 10.1 Å². The summed E-state index contributed by atoms with van der Waals surface area (Å²) in [6.07, 6.45) is 0.521. The molecule has 164 valence electrons. The molecule has 32 heavy (non-hydrogen) atoms. The Balaban J connectivity index is 2.01. The van der Waals surface area contributed by atoms with Gasteiger partial charge in [0.1, 0.15) is 5.60 Å². The molecular weight excluding hydrogens is 464 g/mol. The first-order chi connectivity index (χ1) is 15.6. The van der Waals surface area contributed by atoms with Gasteiger partial charge in [0.15, 0.2) is 0 Å². The highest BCUT2D eigenvalue weighted by molar-refractivity contribution is 9.10. The minimum absolute atomic E-state index is 0.384. The van der Waals surface area contributed by atoms with Crippen molar-refractivity contribution in [2.75, 3.05) is 20.7 Å². The molecule has 4 aromatic rings. The van der Waals surface area contributed by atoms with E-state index in [9.17, 15) is 5.11 Å². The minimum atomic E-state index is -1.18. The van der Waals surface area contributed by atoms with Crippen LogP contribution in [0.25, 0.3) is 10.9 Å². The number of hydrogen-bond donors (Lipinski definition) is 2. The fourth-order valence-electron chi connectivity index (χ4n) is 4.37. The van der Waals surface area contributed by atoms with Gasteiger partial charge in [-0.05, 0) is 55.4 Å². The average molecular weight is 491 g/mol. The average Bonchev–Trinajstić information content (AvgIpc) is 2.83. The number of ether oxygens (including phenoxy) is 1. The van der Waals surface area contributed by atoms with Gasteiger partial charge in [0.25, 0.3) is 0 Å². The molecule has 4 nitrogen and oxygen atoms in total. The molecule has 0 saturated heterocycles. The maximum Gasteiger partial charge on any atom is 0.217 e. The van der Waals surface area contributed by atoms with Gasteiger partial charge in [0.05, 0.1) is 12.6 Å². The molecule has 0 aliphatic heterocycles. The molecule has 4 rings (SSSR count). The van der Waals surface area contributed by atoms with Gasteiger partial charge >= 0.3 is 0 Å². The van der Waals surface area contributed by atoms with E-state index in [1.54, 1.807) is 7.11 Å². The zero-order valence-electron chi connectivity index (χ0n) is 18.3. The van der Waals surface area contributed by atoms with Crippen LogP contribution in [0.15, 0.2) is 89.4 Å². The molecular formula is C27H27BrN2O2. The van der Waals surface area contributed by atoms with Crippen LogP contribution in [0.4, 0.5) is 0 Å². The Morgan fingerprint density at radius 2 is 1.69 bits per heavy atom. The second kappa shape index (κ2) is 9.82. The lowest BCUT2D eigenvalue weighted by atomic mass is 9.71. The summed E-state index contributed by atoms with van der Waals surface area (Å²) < 4.78 is 6.75. The quantitative estimate of drug-likeness (QED) is 0.335. The number of hydrogen-bond acceptors (Lipinski definition) is 4. The van der Waals surface area contributed by atoms with Crippen LogP contribution in [-0.2, 0) is 5.60 Å². The summed E-state index contributed by atoms with van der Waals surface area (Å²) in [5.41, 5.74) is 2.39. The van der Waals surface area contributed by atoms with E-state index in [0.717, 1.165) is 32.1 Å². The van der Waals surface area contributed by atoms with E-state index in [2.05, 4.69) is 39.4 Å². The van der Waals surface area contributed by atoms with Gasteiger partial charge in [0, 0.05) is 21.3 Å². The number of rotatable bonds is 8. The van der Waals surface area contributed by atoms with E-state index < -0.39 is 5.60 Å². The first-order valence-corrected chi connectivity index (χ1v) is 11.5. The van der Waals surface area contributed by atoms with Gasteiger partial charge in [-0.15, -0.1) is 0 Å². The highest BCUT2D eigenvalue weighted by atomic mass is 79.9. The fourth-order valence-corrected chi connectivity index (χ4v) is 4.75. The van der Waals surface area contributed by atoms with E-state index in [1.807, 2.05) is 73.8 Å². The highest BCUT2D eigenvalue weighted by Gasteiger charge is 2.41. The van der Waals surface area contributed by atoms with Gasteiger partial charge in [-0.2, -0.15) is 0 Å². The molecule has 0 aliphatic rings. The van der Waals surface area contributed by atoms with E-state index in [1.165, 1.54) is 0 Å². The second-order valence-electron chi connectivity index (χ2n) is 7.91. The molecule has 2 atom stereocenters. The number of nitrogens with zero attached hydrogens (tertiary/aromatic N) is 1. The SMILES string of the molecule is CNCCC(O)(c1ccccc1)C(c1ccccc1)c1cc2cc(Br)ccc2nc1OC. The van der Waals surface area contributed by atoms with Crippen LogP contribution in [-0.4, -0.2) is 30.8 Å². The number of aliphatic hydroxyl groups is 1. The van der Waals surface area contributed by atoms with Crippen LogP contribution in [0.3, 0.4) is 0 Å². The lowest BCUT2D eigenvalue weighted by molar-refractivity contribution is 0.0104. The van der Waals surface area contributed by atoms with Crippen molar-refractivity contribution in [1.82, 2.24) is 10.3 Å². The van der Waals surface area contributed by atoms with E-state index >= 15 is 0 Å². The van der Waals surface area contributed by atoms with Gasteiger partial charge in [-0.3, -0.25) is 0 Å². The molecule has 0 radical (unpaired) electrons. The fraction of sp³-hybridized carbons (Fsp3) is 0.222. The molecule has 1 aromatic heterocycles. The van der Waals surface area contributed by atoms with Crippen molar-refractivity contribution in [2.45, 2.75) is 17.9 Å². The predicted molar refractivity (Wildman–Crippen MR) is 133 cm³/mol. The summed E-state index contributed by atoms with van der Waals surface area (Å²) in [4.78, 5) is 4.80. The summed E-state index contributed by atoms with van der Waals surface area (Å²) in [5.74, 6) is 0.137. The molecule has 0 spiro atoms. The van der Waals surface area contributed by atoms with Gasteiger partial charge in [-0.25, -0.2) is 4.98 Å². The van der Waals surface area contributed by atoms with Crippen LogP contribution in [0.5, 0.6) is 5.88 Å². The molecule has 5 heteroatoms. The summed E-state index contributed by atoms with van der Waals surface area (Å²) >= 11 is 3.57. The number of halogens is 1.